The second-order valence-corrected chi connectivity index (χ2v) is 8.22. The SMILES string of the molecule is NC(=O)C[C@]1(COc2ccc(Cl)cc2)CCCN(C(=O)c2ccc(OC(F)(F)F)cc2)C1. The lowest BCUT2D eigenvalue weighted by molar-refractivity contribution is -0.274. The van der Waals surface area contributed by atoms with Crippen molar-refractivity contribution in [2.45, 2.75) is 25.6 Å². The van der Waals surface area contributed by atoms with Gasteiger partial charge in [0.2, 0.25) is 5.91 Å². The number of hydrogen-bond donors (Lipinski definition) is 1. The first-order valence-electron chi connectivity index (χ1n) is 9.87. The van der Waals surface area contributed by atoms with Crippen LogP contribution in [0.15, 0.2) is 48.5 Å². The highest BCUT2D eigenvalue weighted by atomic mass is 35.5. The molecule has 0 radical (unpaired) electrons. The Morgan fingerprint density at radius 1 is 1.06 bits per heavy atom. The number of carbonyl (C=O) groups excluding carboxylic acids is 2. The molecule has 2 N–H and O–H groups in total. The third kappa shape index (κ3) is 6.53. The van der Waals surface area contributed by atoms with E-state index < -0.39 is 23.4 Å². The summed E-state index contributed by atoms with van der Waals surface area (Å²) in [5.74, 6) is -0.703. The quantitative estimate of drug-likeness (QED) is 0.649. The van der Waals surface area contributed by atoms with E-state index in [0.717, 1.165) is 12.1 Å². The molecule has 0 saturated carbocycles. The van der Waals surface area contributed by atoms with Crippen LogP contribution in [0.4, 0.5) is 13.2 Å². The summed E-state index contributed by atoms with van der Waals surface area (Å²) < 4.78 is 46.7. The van der Waals surface area contributed by atoms with Crippen LogP contribution in [0.25, 0.3) is 0 Å². The summed E-state index contributed by atoms with van der Waals surface area (Å²) in [7, 11) is 0. The van der Waals surface area contributed by atoms with E-state index in [4.69, 9.17) is 22.1 Å². The van der Waals surface area contributed by atoms with Crippen molar-refractivity contribution in [1.29, 1.82) is 0 Å². The van der Waals surface area contributed by atoms with Gasteiger partial charge < -0.3 is 20.1 Å². The van der Waals surface area contributed by atoms with Gasteiger partial charge in [-0.1, -0.05) is 11.6 Å². The molecular weight excluding hydrogens is 449 g/mol. The first kappa shape index (κ1) is 23.7. The molecule has 2 aromatic carbocycles. The molecule has 1 aliphatic heterocycles. The van der Waals surface area contributed by atoms with E-state index in [1.165, 1.54) is 12.1 Å². The van der Waals surface area contributed by atoms with Crippen molar-refractivity contribution in [2.24, 2.45) is 11.1 Å². The molecule has 3 rings (SSSR count). The fourth-order valence-electron chi connectivity index (χ4n) is 3.81. The Morgan fingerprint density at radius 3 is 2.28 bits per heavy atom. The lowest BCUT2D eigenvalue weighted by Gasteiger charge is -2.42. The van der Waals surface area contributed by atoms with Crippen LogP contribution >= 0.6 is 11.6 Å². The van der Waals surface area contributed by atoms with Gasteiger partial charge in [0.1, 0.15) is 11.5 Å². The van der Waals surface area contributed by atoms with Crippen molar-refractivity contribution >= 4 is 23.4 Å². The minimum absolute atomic E-state index is 0.0305. The Bertz CT molecular complexity index is 951. The molecule has 0 unspecified atom stereocenters. The van der Waals surface area contributed by atoms with Crippen molar-refractivity contribution in [3.05, 3.63) is 59.1 Å². The fourth-order valence-corrected chi connectivity index (χ4v) is 3.94. The van der Waals surface area contributed by atoms with Crippen LogP contribution in [-0.2, 0) is 4.79 Å². The first-order chi connectivity index (χ1) is 15.1. The zero-order valence-electron chi connectivity index (χ0n) is 17.0. The topological polar surface area (TPSA) is 81.9 Å². The number of piperidine rings is 1. The smallest absolute Gasteiger partial charge is 0.493 e. The molecule has 1 aliphatic rings. The summed E-state index contributed by atoms with van der Waals surface area (Å²) in [6, 6.07) is 11.5. The summed E-state index contributed by atoms with van der Waals surface area (Å²) in [6.07, 6.45) is -3.52. The predicted molar refractivity (Wildman–Crippen MR) is 111 cm³/mol. The molecule has 1 heterocycles. The van der Waals surface area contributed by atoms with Gasteiger partial charge >= 0.3 is 6.36 Å². The number of halogens is 4. The maximum absolute atomic E-state index is 13.0. The summed E-state index contributed by atoms with van der Waals surface area (Å²) in [6.45, 7) is 0.837. The summed E-state index contributed by atoms with van der Waals surface area (Å²) in [4.78, 5) is 26.3. The lowest BCUT2D eigenvalue weighted by atomic mass is 9.77. The number of nitrogens with two attached hydrogens (primary N) is 1. The molecule has 0 aliphatic carbocycles. The normalized spacial score (nSPS) is 18.8. The molecule has 172 valence electrons. The largest absolute Gasteiger partial charge is 0.573 e. The Labute approximate surface area is 188 Å². The predicted octanol–water partition coefficient (Wildman–Crippen LogP) is 4.42. The Morgan fingerprint density at radius 2 is 1.69 bits per heavy atom. The maximum atomic E-state index is 13.0. The molecule has 0 spiro atoms. The number of rotatable bonds is 7. The average Bonchev–Trinajstić information content (AvgIpc) is 2.72. The zero-order valence-corrected chi connectivity index (χ0v) is 17.8. The van der Waals surface area contributed by atoms with Crippen LogP contribution in [0.3, 0.4) is 0 Å². The van der Waals surface area contributed by atoms with Gasteiger partial charge in [-0.15, -0.1) is 13.2 Å². The monoisotopic (exact) mass is 470 g/mol. The van der Waals surface area contributed by atoms with Gasteiger partial charge in [0.05, 0.1) is 6.61 Å². The highest BCUT2D eigenvalue weighted by Gasteiger charge is 2.40. The van der Waals surface area contributed by atoms with Gasteiger partial charge in [-0.05, 0) is 61.4 Å². The molecule has 1 atom stereocenters. The number of primary amides is 1. The molecule has 1 fully saturated rings. The van der Waals surface area contributed by atoms with Crippen LogP contribution in [0.5, 0.6) is 11.5 Å². The lowest BCUT2D eigenvalue weighted by Crippen LogP contribution is -2.50. The van der Waals surface area contributed by atoms with Gasteiger partial charge in [-0.25, -0.2) is 0 Å². The minimum atomic E-state index is -4.81. The van der Waals surface area contributed by atoms with E-state index in [0.29, 0.717) is 30.2 Å². The molecule has 2 aromatic rings. The van der Waals surface area contributed by atoms with E-state index in [1.54, 1.807) is 29.2 Å². The second kappa shape index (κ2) is 9.68. The van der Waals surface area contributed by atoms with Gasteiger partial charge in [-0.2, -0.15) is 0 Å². The second-order valence-electron chi connectivity index (χ2n) is 7.79. The molecule has 0 bridgehead atoms. The molecule has 10 heteroatoms. The standard InChI is InChI=1S/C22H22ClF3N2O4/c23-16-4-8-17(9-5-16)31-14-21(12-19(27)29)10-1-11-28(13-21)20(30)15-2-6-18(7-3-15)32-22(24,25)26/h2-9H,1,10-14H2,(H2,27,29)/t21-/m1/s1. The average molecular weight is 471 g/mol. The number of carbonyl (C=O) groups is 2. The number of likely N-dealkylation sites (tertiary alicyclic amines) is 1. The summed E-state index contributed by atoms with van der Waals surface area (Å²) in [5, 5.41) is 0.560. The Hall–Kier alpha value is -2.94. The van der Waals surface area contributed by atoms with E-state index in [1.807, 2.05) is 0 Å². The number of nitrogens with zero attached hydrogens (tertiary/aromatic N) is 1. The van der Waals surface area contributed by atoms with E-state index in [9.17, 15) is 22.8 Å². The van der Waals surface area contributed by atoms with Crippen LogP contribution in [0, 0.1) is 5.41 Å². The van der Waals surface area contributed by atoms with Gasteiger partial charge in [0.15, 0.2) is 0 Å². The van der Waals surface area contributed by atoms with Crippen molar-refractivity contribution in [1.82, 2.24) is 4.90 Å². The molecule has 1 saturated heterocycles. The zero-order chi connectivity index (χ0) is 23.4. The van der Waals surface area contributed by atoms with Crippen LogP contribution < -0.4 is 15.2 Å². The Balaban J connectivity index is 1.72. The van der Waals surface area contributed by atoms with E-state index in [-0.39, 0.29) is 31.0 Å². The van der Waals surface area contributed by atoms with Crippen LogP contribution in [0.2, 0.25) is 5.02 Å². The number of alkyl halides is 3. The highest BCUT2D eigenvalue weighted by molar-refractivity contribution is 6.30. The maximum Gasteiger partial charge on any atom is 0.573 e. The number of hydrogen-bond acceptors (Lipinski definition) is 4. The summed E-state index contributed by atoms with van der Waals surface area (Å²) >= 11 is 5.89. The third-order valence-electron chi connectivity index (χ3n) is 5.19. The molecule has 32 heavy (non-hydrogen) atoms. The molecule has 6 nitrogen and oxygen atoms in total. The van der Waals surface area contributed by atoms with E-state index in [2.05, 4.69) is 4.74 Å². The van der Waals surface area contributed by atoms with Crippen molar-refractivity contribution in [2.75, 3.05) is 19.7 Å². The van der Waals surface area contributed by atoms with Gasteiger partial charge in [-0.3, -0.25) is 9.59 Å². The summed E-state index contributed by atoms with van der Waals surface area (Å²) in [5.41, 5.74) is 5.01. The third-order valence-corrected chi connectivity index (χ3v) is 5.44. The number of ether oxygens (including phenoxy) is 2. The van der Waals surface area contributed by atoms with Gasteiger partial charge in [0.25, 0.3) is 5.91 Å². The number of benzene rings is 2. The molecule has 0 aromatic heterocycles. The van der Waals surface area contributed by atoms with Crippen LogP contribution in [0.1, 0.15) is 29.6 Å². The van der Waals surface area contributed by atoms with Crippen molar-refractivity contribution in [3.8, 4) is 11.5 Å². The van der Waals surface area contributed by atoms with E-state index >= 15 is 0 Å². The fraction of sp³-hybridized carbons (Fsp3) is 0.364. The van der Waals surface area contributed by atoms with Crippen molar-refractivity contribution < 1.29 is 32.2 Å². The molecular formula is C22H22ClF3N2O4. The molecule has 2 amide bonds. The van der Waals surface area contributed by atoms with Crippen LogP contribution in [-0.4, -0.2) is 42.8 Å². The minimum Gasteiger partial charge on any atom is -0.493 e. The van der Waals surface area contributed by atoms with Crippen molar-refractivity contribution in [3.63, 3.8) is 0 Å². The first-order valence-corrected chi connectivity index (χ1v) is 10.2. The Kier molecular flexibility index (Phi) is 7.18. The van der Waals surface area contributed by atoms with Gasteiger partial charge in [0, 0.05) is 35.5 Å². The number of amides is 2. The highest BCUT2D eigenvalue weighted by Crippen LogP contribution is 2.35.